The first-order valence-electron chi connectivity index (χ1n) is 8.84. The van der Waals surface area contributed by atoms with E-state index in [9.17, 15) is 14.7 Å². The smallest absolute Gasteiger partial charge is 0.323 e. The second-order valence-corrected chi connectivity index (χ2v) is 8.03. The Labute approximate surface area is 155 Å². The molecule has 1 aliphatic heterocycles. The summed E-state index contributed by atoms with van der Waals surface area (Å²) in [4.78, 5) is 30.4. The first-order valence-corrected chi connectivity index (χ1v) is 9.72. The molecule has 1 saturated heterocycles. The van der Waals surface area contributed by atoms with Gasteiger partial charge in [-0.25, -0.2) is 9.78 Å². The second kappa shape index (κ2) is 6.72. The molecular formula is C19H21N3O3S. The molecule has 136 valence electrons. The van der Waals surface area contributed by atoms with Crippen LogP contribution < -0.4 is 5.32 Å². The number of anilines is 1. The van der Waals surface area contributed by atoms with Crippen molar-refractivity contribution >= 4 is 28.5 Å². The lowest BCUT2D eigenvalue weighted by atomic mass is 9.81. The quantitative estimate of drug-likeness (QED) is 0.862. The summed E-state index contributed by atoms with van der Waals surface area (Å²) in [5.74, 6) is -0.703. The minimum atomic E-state index is -0.769. The zero-order chi connectivity index (χ0) is 18.1. The van der Waals surface area contributed by atoms with Gasteiger partial charge in [-0.3, -0.25) is 10.1 Å². The van der Waals surface area contributed by atoms with Gasteiger partial charge in [-0.05, 0) is 24.3 Å². The molecule has 4 rings (SSSR count). The Balaban J connectivity index is 1.39. The van der Waals surface area contributed by atoms with Crippen LogP contribution in [0.2, 0.25) is 0 Å². The minimum Gasteiger partial charge on any atom is -0.481 e. The number of rotatable bonds is 4. The van der Waals surface area contributed by atoms with Gasteiger partial charge in [-0.15, -0.1) is 11.3 Å². The molecule has 2 heterocycles. The molecular weight excluding hydrogens is 350 g/mol. The molecule has 1 aliphatic carbocycles. The molecule has 2 N–H and O–H groups in total. The Morgan fingerprint density at radius 2 is 2.15 bits per heavy atom. The number of carboxylic acids is 1. The normalized spacial score (nSPS) is 24.5. The molecule has 2 fully saturated rings. The van der Waals surface area contributed by atoms with Gasteiger partial charge in [0.05, 0.1) is 11.1 Å². The molecule has 2 amide bonds. The second-order valence-electron chi connectivity index (χ2n) is 7.17. The molecule has 2 atom stereocenters. The van der Waals surface area contributed by atoms with Gasteiger partial charge in [-0.2, -0.15) is 0 Å². The average molecular weight is 371 g/mol. The lowest BCUT2D eigenvalue weighted by Gasteiger charge is -2.23. The van der Waals surface area contributed by atoms with Crippen LogP contribution in [0.5, 0.6) is 0 Å². The summed E-state index contributed by atoms with van der Waals surface area (Å²) in [6.45, 7) is 0.807. The Hall–Kier alpha value is -2.41. The van der Waals surface area contributed by atoms with Crippen LogP contribution in [0.1, 0.15) is 30.5 Å². The monoisotopic (exact) mass is 371 g/mol. The Bertz CT molecular complexity index is 822. The number of thiazole rings is 1. The summed E-state index contributed by atoms with van der Waals surface area (Å²) in [5, 5.41) is 15.0. The number of benzene rings is 1. The molecule has 1 saturated carbocycles. The number of nitrogens with zero attached hydrogens (tertiary/aromatic N) is 2. The van der Waals surface area contributed by atoms with E-state index in [1.807, 2.05) is 35.7 Å². The van der Waals surface area contributed by atoms with Crippen LogP contribution in [0.25, 0.3) is 0 Å². The van der Waals surface area contributed by atoms with Gasteiger partial charge in [0.2, 0.25) is 0 Å². The number of aromatic nitrogens is 1. The number of carbonyl (C=O) groups excluding carboxylic acids is 1. The first-order chi connectivity index (χ1) is 12.6. The van der Waals surface area contributed by atoms with Crippen molar-refractivity contribution in [2.24, 2.45) is 11.3 Å². The lowest BCUT2D eigenvalue weighted by molar-refractivity contribution is -0.149. The highest BCUT2D eigenvalue weighted by atomic mass is 32.1. The van der Waals surface area contributed by atoms with E-state index in [1.165, 1.54) is 16.9 Å². The number of hydrogen-bond donors (Lipinski definition) is 2. The average Bonchev–Trinajstić information content (AvgIpc) is 3.30. The predicted octanol–water partition coefficient (Wildman–Crippen LogP) is 3.45. The van der Waals surface area contributed by atoms with E-state index in [2.05, 4.69) is 10.3 Å². The van der Waals surface area contributed by atoms with Crippen LogP contribution in [0, 0.1) is 11.3 Å². The Morgan fingerprint density at radius 3 is 2.88 bits per heavy atom. The number of aliphatic carboxylic acids is 1. The van der Waals surface area contributed by atoms with Gasteiger partial charge in [-0.1, -0.05) is 36.8 Å². The van der Waals surface area contributed by atoms with Crippen LogP contribution in [0.15, 0.2) is 35.7 Å². The van der Waals surface area contributed by atoms with Crippen LogP contribution in [0.4, 0.5) is 9.93 Å². The van der Waals surface area contributed by atoms with Crippen LogP contribution in [0.3, 0.4) is 0 Å². The van der Waals surface area contributed by atoms with Gasteiger partial charge < -0.3 is 10.0 Å². The third kappa shape index (κ3) is 3.07. The molecule has 0 radical (unpaired) electrons. The number of urea groups is 1. The van der Waals surface area contributed by atoms with Gasteiger partial charge in [0.1, 0.15) is 0 Å². The minimum absolute atomic E-state index is 0.0655. The zero-order valence-electron chi connectivity index (χ0n) is 14.4. The van der Waals surface area contributed by atoms with Crippen LogP contribution in [-0.2, 0) is 11.2 Å². The maximum absolute atomic E-state index is 12.6. The first kappa shape index (κ1) is 17.0. The van der Waals surface area contributed by atoms with Crippen molar-refractivity contribution in [1.82, 2.24) is 9.88 Å². The summed E-state index contributed by atoms with van der Waals surface area (Å²) in [5.41, 5.74) is 1.34. The molecule has 2 aromatic rings. The summed E-state index contributed by atoms with van der Waals surface area (Å²) in [6, 6.07) is 9.81. The van der Waals surface area contributed by atoms with Crippen molar-refractivity contribution in [2.75, 3.05) is 18.4 Å². The summed E-state index contributed by atoms with van der Waals surface area (Å²) in [7, 11) is 0. The maximum atomic E-state index is 12.6. The highest BCUT2D eigenvalue weighted by Gasteiger charge is 2.55. The number of carboxylic acid groups (broad SMARTS) is 1. The van der Waals surface area contributed by atoms with Crippen LogP contribution in [-0.4, -0.2) is 40.1 Å². The van der Waals surface area contributed by atoms with Crippen molar-refractivity contribution in [1.29, 1.82) is 0 Å². The van der Waals surface area contributed by atoms with Crippen molar-refractivity contribution in [3.8, 4) is 0 Å². The molecule has 1 aromatic heterocycles. The zero-order valence-corrected chi connectivity index (χ0v) is 15.2. The highest BCUT2D eigenvalue weighted by Crippen LogP contribution is 2.48. The highest BCUT2D eigenvalue weighted by molar-refractivity contribution is 7.13. The van der Waals surface area contributed by atoms with Gasteiger partial charge in [0, 0.05) is 24.9 Å². The van der Waals surface area contributed by atoms with E-state index in [4.69, 9.17) is 0 Å². The number of amides is 2. The van der Waals surface area contributed by atoms with E-state index in [-0.39, 0.29) is 11.9 Å². The molecule has 7 heteroatoms. The van der Waals surface area contributed by atoms with E-state index >= 15 is 0 Å². The van der Waals surface area contributed by atoms with Crippen molar-refractivity contribution < 1.29 is 14.7 Å². The van der Waals surface area contributed by atoms with Crippen LogP contribution >= 0.6 is 11.3 Å². The molecule has 0 unspecified atom stereocenters. The Morgan fingerprint density at radius 1 is 1.35 bits per heavy atom. The topological polar surface area (TPSA) is 82.5 Å². The summed E-state index contributed by atoms with van der Waals surface area (Å²) >= 11 is 1.40. The molecule has 6 nitrogen and oxygen atoms in total. The third-order valence-corrected chi connectivity index (χ3v) is 6.38. The molecule has 2 aliphatic rings. The largest absolute Gasteiger partial charge is 0.481 e. The standard InChI is InChI=1S/C19H21N3O3S/c23-16(24)19-8-4-7-14(19)10-22(12-19)18(25)21-17-20-15(11-26-17)9-13-5-2-1-3-6-13/h1-3,5-6,11,14H,4,7-10,12H2,(H,23,24)(H,20,21,25)/t14-,19+/m0/s1. The summed E-state index contributed by atoms with van der Waals surface area (Å²) in [6.07, 6.45) is 3.20. The van der Waals surface area contributed by atoms with E-state index in [0.717, 1.165) is 25.0 Å². The fraction of sp³-hybridized carbons (Fsp3) is 0.421. The van der Waals surface area contributed by atoms with Gasteiger partial charge in [0.25, 0.3) is 0 Å². The number of likely N-dealkylation sites (tertiary alicyclic amines) is 1. The van der Waals surface area contributed by atoms with Crippen molar-refractivity contribution in [3.05, 3.63) is 47.0 Å². The molecule has 26 heavy (non-hydrogen) atoms. The van der Waals surface area contributed by atoms with Crippen molar-refractivity contribution in [3.63, 3.8) is 0 Å². The molecule has 0 spiro atoms. The van der Waals surface area contributed by atoms with Crippen molar-refractivity contribution in [2.45, 2.75) is 25.7 Å². The SMILES string of the molecule is O=C(Nc1nc(Cc2ccccc2)cs1)N1C[C@@H]2CCC[C@@]2(C(=O)O)C1. The Kier molecular flexibility index (Phi) is 4.40. The number of carbonyl (C=O) groups is 2. The maximum Gasteiger partial charge on any atom is 0.323 e. The molecule has 0 bridgehead atoms. The van der Waals surface area contributed by atoms with Gasteiger partial charge in [0.15, 0.2) is 5.13 Å². The summed E-state index contributed by atoms with van der Waals surface area (Å²) < 4.78 is 0. The third-order valence-electron chi connectivity index (χ3n) is 5.58. The molecule has 1 aromatic carbocycles. The fourth-order valence-electron chi connectivity index (χ4n) is 4.21. The fourth-order valence-corrected chi connectivity index (χ4v) is 4.91. The van der Waals surface area contributed by atoms with E-state index in [1.54, 1.807) is 4.90 Å². The number of nitrogens with one attached hydrogen (secondary N) is 1. The number of fused-ring (bicyclic) bond motifs is 1. The lowest BCUT2D eigenvalue weighted by Crippen LogP contribution is -2.38. The van der Waals surface area contributed by atoms with Gasteiger partial charge >= 0.3 is 12.0 Å². The van der Waals surface area contributed by atoms with E-state index in [0.29, 0.717) is 24.6 Å². The predicted molar refractivity (Wildman–Crippen MR) is 99.4 cm³/mol. The number of hydrogen-bond acceptors (Lipinski definition) is 4. The van der Waals surface area contributed by atoms with E-state index < -0.39 is 11.4 Å².